The Morgan fingerprint density at radius 1 is 1.25 bits per heavy atom. The van der Waals surface area contributed by atoms with Gasteiger partial charge >= 0.3 is 0 Å². The minimum atomic E-state index is -0.559. The summed E-state index contributed by atoms with van der Waals surface area (Å²) in [6.07, 6.45) is 0.488. The van der Waals surface area contributed by atoms with Gasteiger partial charge < -0.3 is 5.73 Å². The first kappa shape index (κ1) is 12.6. The smallest absolute Gasteiger partial charge is 0.126 e. The lowest BCUT2D eigenvalue weighted by Gasteiger charge is -2.04. The Morgan fingerprint density at radius 3 is 2.31 bits per heavy atom. The molecule has 1 aromatic carbocycles. The zero-order valence-electron chi connectivity index (χ0n) is 9.50. The molecule has 2 N–H and O–H groups in total. The predicted octanol–water partition coefficient (Wildman–Crippen LogP) is 2.52. The molecule has 0 saturated heterocycles. The van der Waals surface area contributed by atoms with E-state index in [1.54, 1.807) is 0 Å². The molecule has 0 heterocycles. The van der Waals surface area contributed by atoms with Crippen LogP contribution in [0.4, 0.5) is 8.78 Å². The van der Waals surface area contributed by atoms with E-state index >= 15 is 0 Å². The molecule has 0 amide bonds. The minimum Gasteiger partial charge on any atom is -0.387 e. The van der Waals surface area contributed by atoms with E-state index in [0.29, 0.717) is 24.4 Å². The zero-order valence-corrected chi connectivity index (χ0v) is 9.50. The van der Waals surface area contributed by atoms with Crippen molar-refractivity contribution < 1.29 is 8.78 Å². The van der Waals surface area contributed by atoms with E-state index in [9.17, 15) is 8.78 Å². The quantitative estimate of drug-likeness (QED) is 0.621. The number of aliphatic imine (C=N–C) groups is 1. The van der Waals surface area contributed by atoms with Crippen LogP contribution in [-0.4, -0.2) is 12.4 Å². The van der Waals surface area contributed by atoms with E-state index in [1.807, 2.05) is 13.8 Å². The number of halogens is 2. The first-order valence-corrected chi connectivity index (χ1v) is 5.24. The molecule has 0 bridgehead atoms. The summed E-state index contributed by atoms with van der Waals surface area (Å²) >= 11 is 0. The summed E-state index contributed by atoms with van der Waals surface area (Å²) in [5, 5.41) is 0. The zero-order chi connectivity index (χ0) is 12.1. The lowest BCUT2D eigenvalue weighted by Crippen LogP contribution is -2.19. The second-order valence-electron chi connectivity index (χ2n) is 3.99. The summed E-state index contributed by atoms with van der Waals surface area (Å²) in [6, 6.07) is 3.48. The van der Waals surface area contributed by atoms with E-state index in [0.717, 1.165) is 6.07 Å². The highest BCUT2D eigenvalue weighted by atomic mass is 19.1. The highest BCUT2D eigenvalue weighted by Gasteiger charge is 2.01. The molecule has 4 heteroatoms. The van der Waals surface area contributed by atoms with Crippen LogP contribution in [-0.2, 0) is 6.42 Å². The predicted molar refractivity (Wildman–Crippen MR) is 61.4 cm³/mol. The Bertz CT molecular complexity index is 366. The summed E-state index contributed by atoms with van der Waals surface area (Å²) in [4.78, 5) is 4.13. The molecule has 0 aliphatic heterocycles. The number of rotatable bonds is 4. The topological polar surface area (TPSA) is 38.4 Å². The lowest BCUT2D eigenvalue weighted by atomic mass is 10.1. The molecular formula is C12H16F2N2. The first-order chi connectivity index (χ1) is 7.49. The highest BCUT2D eigenvalue weighted by Crippen LogP contribution is 2.08. The van der Waals surface area contributed by atoms with Crippen LogP contribution in [0.5, 0.6) is 0 Å². The molecule has 2 nitrogen and oxygen atoms in total. The van der Waals surface area contributed by atoms with Crippen molar-refractivity contribution in [3.63, 3.8) is 0 Å². The molecular weight excluding hydrogens is 210 g/mol. The summed E-state index contributed by atoms with van der Waals surface area (Å²) in [5.41, 5.74) is 6.24. The number of nitrogens with two attached hydrogens (primary N) is 1. The molecule has 0 fully saturated rings. The SMILES string of the molecule is CC(C)C(N)=NCCc1cc(F)cc(F)c1. The number of amidine groups is 1. The first-order valence-electron chi connectivity index (χ1n) is 5.24. The van der Waals surface area contributed by atoms with Crippen LogP contribution in [0.3, 0.4) is 0 Å². The molecule has 0 radical (unpaired) electrons. The van der Waals surface area contributed by atoms with Gasteiger partial charge in [-0.15, -0.1) is 0 Å². The van der Waals surface area contributed by atoms with Crippen molar-refractivity contribution in [1.29, 1.82) is 0 Å². The van der Waals surface area contributed by atoms with Crippen LogP contribution in [0.25, 0.3) is 0 Å². The maximum atomic E-state index is 12.8. The van der Waals surface area contributed by atoms with E-state index in [1.165, 1.54) is 12.1 Å². The van der Waals surface area contributed by atoms with Crippen LogP contribution in [0.15, 0.2) is 23.2 Å². The fraction of sp³-hybridized carbons (Fsp3) is 0.417. The van der Waals surface area contributed by atoms with Crippen LogP contribution in [0.2, 0.25) is 0 Å². The Kier molecular flexibility index (Phi) is 4.40. The van der Waals surface area contributed by atoms with Crippen molar-refractivity contribution in [2.45, 2.75) is 20.3 Å². The van der Waals surface area contributed by atoms with Crippen molar-refractivity contribution >= 4 is 5.84 Å². The van der Waals surface area contributed by atoms with Gasteiger partial charge in [-0.1, -0.05) is 13.8 Å². The normalized spacial score (nSPS) is 12.2. The fourth-order valence-electron chi connectivity index (χ4n) is 1.25. The van der Waals surface area contributed by atoms with Gasteiger partial charge in [0.1, 0.15) is 11.6 Å². The number of nitrogens with zero attached hydrogens (tertiary/aromatic N) is 1. The average molecular weight is 226 g/mol. The molecule has 0 aliphatic carbocycles. The maximum Gasteiger partial charge on any atom is 0.126 e. The van der Waals surface area contributed by atoms with Crippen molar-refractivity contribution in [2.75, 3.05) is 6.54 Å². The van der Waals surface area contributed by atoms with Gasteiger partial charge in [-0.3, -0.25) is 4.99 Å². The molecule has 16 heavy (non-hydrogen) atoms. The molecule has 1 aromatic rings. The van der Waals surface area contributed by atoms with Crippen molar-refractivity contribution in [2.24, 2.45) is 16.6 Å². The second kappa shape index (κ2) is 5.58. The van der Waals surface area contributed by atoms with Crippen LogP contribution in [0, 0.1) is 17.6 Å². The van der Waals surface area contributed by atoms with Gasteiger partial charge in [0, 0.05) is 18.5 Å². The van der Waals surface area contributed by atoms with Gasteiger partial charge in [0.2, 0.25) is 0 Å². The monoisotopic (exact) mass is 226 g/mol. The van der Waals surface area contributed by atoms with Gasteiger partial charge in [-0.05, 0) is 24.1 Å². The standard InChI is InChI=1S/C12H16F2N2/c1-8(2)12(15)16-4-3-9-5-10(13)7-11(14)6-9/h5-8H,3-4H2,1-2H3,(H2,15,16). The summed E-state index contributed by atoms with van der Waals surface area (Å²) in [5.74, 6) is -0.354. The molecule has 0 spiro atoms. The second-order valence-corrected chi connectivity index (χ2v) is 3.99. The van der Waals surface area contributed by atoms with Gasteiger partial charge in [0.15, 0.2) is 0 Å². The minimum absolute atomic E-state index is 0.198. The Labute approximate surface area is 94.2 Å². The van der Waals surface area contributed by atoms with Crippen molar-refractivity contribution in [1.82, 2.24) is 0 Å². The molecule has 0 atom stereocenters. The summed E-state index contributed by atoms with van der Waals surface area (Å²) < 4.78 is 25.7. The Balaban J connectivity index is 2.58. The fourth-order valence-corrected chi connectivity index (χ4v) is 1.25. The van der Waals surface area contributed by atoms with Crippen molar-refractivity contribution in [3.8, 4) is 0 Å². The molecule has 88 valence electrons. The largest absolute Gasteiger partial charge is 0.387 e. The molecule has 0 unspecified atom stereocenters. The van der Waals surface area contributed by atoms with E-state index in [4.69, 9.17) is 5.73 Å². The van der Waals surface area contributed by atoms with Crippen LogP contribution in [0.1, 0.15) is 19.4 Å². The van der Waals surface area contributed by atoms with Crippen molar-refractivity contribution in [3.05, 3.63) is 35.4 Å². The Morgan fingerprint density at radius 2 is 1.81 bits per heavy atom. The average Bonchev–Trinajstić information content (AvgIpc) is 2.15. The summed E-state index contributed by atoms with van der Waals surface area (Å²) in [7, 11) is 0. The molecule has 0 aliphatic rings. The third kappa shape index (κ3) is 3.96. The third-order valence-electron chi connectivity index (χ3n) is 2.21. The number of hydrogen-bond donors (Lipinski definition) is 1. The van der Waals surface area contributed by atoms with Crippen LogP contribution >= 0.6 is 0 Å². The highest BCUT2D eigenvalue weighted by molar-refractivity contribution is 5.82. The molecule has 0 saturated carbocycles. The van der Waals surface area contributed by atoms with Gasteiger partial charge in [0.25, 0.3) is 0 Å². The maximum absolute atomic E-state index is 12.8. The van der Waals surface area contributed by atoms with E-state index < -0.39 is 11.6 Å². The van der Waals surface area contributed by atoms with Gasteiger partial charge in [-0.25, -0.2) is 8.78 Å². The molecule has 0 aromatic heterocycles. The number of benzene rings is 1. The van der Waals surface area contributed by atoms with Crippen LogP contribution < -0.4 is 5.73 Å². The van der Waals surface area contributed by atoms with E-state index in [-0.39, 0.29) is 5.92 Å². The van der Waals surface area contributed by atoms with Gasteiger partial charge in [0.05, 0.1) is 5.84 Å². The van der Waals surface area contributed by atoms with Gasteiger partial charge in [-0.2, -0.15) is 0 Å². The summed E-state index contributed by atoms with van der Waals surface area (Å²) in [6.45, 7) is 4.34. The molecule has 1 rings (SSSR count). The number of hydrogen-bond acceptors (Lipinski definition) is 1. The third-order valence-corrected chi connectivity index (χ3v) is 2.21. The lowest BCUT2D eigenvalue weighted by molar-refractivity contribution is 0.579. The Hall–Kier alpha value is -1.45. The van der Waals surface area contributed by atoms with E-state index in [2.05, 4.69) is 4.99 Å².